The fraction of sp³-hybridized carbons (Fsp3) is 0.217. The van der Waals surface area contributed by atoms with Crippen molar-refractivity contribution in [2.75, 3.05) is 12.4 Å². The summed E-state index contributed by atoms with van der Waals surface area (Å²) in [4.78, 5) is 32.4. The Balaban J connectivity index is 1.70. The molecule has 0 saturated carbocycles. The lowest BCUT2D eigenvalue weighted by atomic mass is 9.89. The lowest BCUT2D eigenvalue weighted by Gasteiger charge is -2.25. The molecule has 0 fully saturated rings. The summed E-state index contributed by atoms with van der Waals surface area (Å²) in [5.41, 5.74) is 6.44. The van der Waals surface area contributed by atoms with E-state index in [1.54, 1.807) is 56.6 Å². The van der Waals surface area contributed by atoms with Crippen molar-refractivity contribution in [1.29, 1.82) is 0 Å². The molecule has 0 aliphatic rings. The number of pyridine rings is 1. The molecule has 4 N–H and O–H groups in total. The van der Waals surface area contributed by atoms with Crippen molar-refractivity contribution in [2.45, 2.75) is 25.5 Å². The minimum Gasteiger partial charge on any atom is -0.484 e. The molecule has 3 rings (SSSR count). The van der Waals surface area contributed by atoms with Crippen molar-refractivity contribution < 1.29 is 18.7 Å². The van der Waals surface area contributed by atoms with Gasteiger partial charge in [0, 0.05) is 19.2 Å². The molecule has 32 heavy (non-hydrogen) atoms. The van der Waals surface area contributed by atoms with Crippen molar-refractivity contribution in [3.8, 4) is 5.75 Å². The molecule has 1 amide bonds. The number of aliphatic imine (C=N–C) groups is 1. The van der Waals surface area contributed by atoms with Gasteiger partial charge in [-0.05, 0) is 48.9 Å². The van der Waals surface area contributed by atoms with Gasteiger partial charge in [0.15, 0.2) is 5.96 Å². The number of nitrogens with one attached hydrogen (secondary N) is 2. The van der Waals surface area contributed by atoms with E-state index in [1.165, 1.54) is 6.20 Å². The van der Waals surface area contributed by atoms with Gasteiger partial charge >= 0.3 is 0 Å². The lowest BCUT2D eigenvalue weighted by molar-refractivity contribution is -0.108. The van der Waals surface area contributed by atoms with Crippen LogP contribution >= 0.6 is 0 Å². The summed E-state index contributed by atoms with van der Waals surface area (Å²) in [6.45, 7) is 2.07. The van der Waals surface area contributed by atoms with Crippen LogP contribution in [0.15, 0.2) is 70.4 Å². The number of furan rings is 1. The maximum atomic E-state index is 12.6. The Hall–Kier alpha value is -4.14. The van der Waals surface area contributed by atoms with Crippen LogP contribution < -0.4 is 21.1 Å². The number of carbonyl (C=O) groups is 2. The Morgan fingerprint density at radius 2 is 2.12 bits per heavy atom. The second-order valence-corrected chi connectivity index (χ2v) is 7.17. The molecule has 9 nitrogen and oxygen atoms in total. The molecule has 0 saturated heterocycles. The zero-order chi connectivity index (χ0) is 23.0. The van der Waals surface area contributed by atoms with E-state index in [2.05, 4.69) is 20.6 Å². The summed E-state index contributed by atoms with van der Waals surface area (Å²) in [5.74, 6) is 1.04. The molecule has 1 aromatic carbocycles. The topological polar surface area (TPSA) is 132 Å². The molecule has 3 aromatic rings. The molecule has 2 aromatic heterocycles. The number of aldehydes is 1. The van der Waals surface area contributed by atoms with Gasteiger partial charge in [-0.2, -0.15) is 0 Å². The van der Waals surface area contributed by atoms with Gasteiger partial charge in [0.05, 0.1) is 18.0 Å². The lowest BCUT2D eigenvalue weighted by Crippen LogP contribution is -2.33. The molecule has 1 atom stereocenters. The van der Waals surface area contributed by atoms with E-state index in [1.807, 2.05) is 12.1 Å². The average molecular weight is 435 g/mol. The Bertz CT molecular complexity index is 1080. The highest BCUT2D eigenvalue weighted by atomic mass is 16.5. The van der Waals surface area contributed by atoms with Crippen LogP contribution in [0.2, 0.25) is 0 Å². The molecule has 0 spiro atoms. The van der Waals surface area contributed by atoms with Crippen molar-refractivity contribution in [3.63, 3.8) is 0 Å². The minimum atomic E-state index is -0.874. The monoisotopic (exact) mass is 435 g/mol. The number of hydrogen-bond acceptors (Lipinski definition) is 6. The van der Waals surface area contributed by atoms with Crippen LogP contribution in [0.1, 0.15) is 35.2 Å². The first-order chi connectivity index (χ1) is 15.4. The summed E-state index contributed by atoms with van der Waals surface area (Å²) in [6.07, 6.45) is 3.97. The Kier molecular flexibility index (Phi) is 7.22. The largest absolute Gasteiger partial charge is 0.484 e. The molecule has 1 unspecified atom stereocenters. The number of amides is 1. The standard InChI is InChI=1S/C23H25N5O4/c1-23(10-11-29,28-22(24)25-2)16-5-3-6-17(13-16)27-21(30)20-9-8-18(14-26-20)32-15-19-7-4-12-31-19/h3-9,11-14H,10,15H2,1-2H3,(H,27,30)(H3,24,25,28). The highest BCUT2D eigenvalue weighted by molar-refractivity contribution is 6.02. The number of aromatic nitrogens is 1. The third-order valence-corrected chi connectivity index (χ3v) is 4.78. The Labute approximate surface area is 185 Å². The summed E-state index contributed by atoms with van der Waals surface area (Å²) >= 11 is 0. The smallest absolute Gasteiger partial charge is 0.274 e. The molecular formula is C23H25N5O4. The summed E-state index contributed by atoms with van der Waals surface area (Å²) in [6, 6.07) is 13.9. The number of nitrogens with zero attached hydrogens (tertiary/aromatic N) is 2. The molecule has 2 heterocycles. The van der Waals surface area contributed by atoms with Gasteiger partial charge < -0.3 is 30.3 Å². The Morgan fingerprint density at radius 1 is 1.28 bits per heavy atom. The van der Waals surface area contributed by atoms with Crippen LogP contribution in [-0.2, 0) is 16.9 Å². The van der Waals surface area contributed by atoms with Crippen LogP contribution in [0.5, 0.6) is 5.75 Å². The Morgan fingerprint density at radius 3 is 2.78 bits per heavy atom. The number of nitrogens with two attached hydrogens (primary N) is 1. The normalized spacial score (nSPS) is 13.1. The second-order valence-electron chi connectivity index (χ2n) is 7.17. The minimum absolute atomic E-state index is 0.133. The highest BCUT2D eigenvalue weighted by Crippen LogP contribution is 2.30. The van der Waals surface area contributed by atoms with Crippen molar-refractivity contribution in [3.05, 3.63) is 78.0 Å². The molecule has 166 valence electrons. The number of anilines is 1. The molecule has 0 aliphatic carbocycles. The van der Waals surface area contributed by atoms with Gasteiger partial charge in [0.2, 0.25) is 0 Å². The van der Waals surface area contributed by atoms with Crippen molar-refractivity contribution >= 4 is 23.8 Å². The van der Waals surface area contributed by atoms with Gasteiger partial charge in [-0.15, -0.1) is 0 Å². The van der Waals surface area contributed by atoms with E-state index in [-0.39, 0.29) is 30.6 Å². The fourth-order valence-electron chi connectivity index (χ4n) is 2.99. The predicted octanol–water partition coefficient (Wildman–Crippen LogP) is 2.84. The molecule has 9 heteroatoms. The van der Waals surface area contributed by atoms with E-state index >= 15 is 0 Å². The number of ether oxygens (including phenoxy) is 1. The zero-order valence-corrected chi connectivity index (χ0v) is 17.9. The van der Waals surface area contributed by atoms with E-state index in [0.717, 1.165) is 11.8 Å². The van der Waals surface area contributed by atoms with E-state index in [4.69, 9.17) is 14.9 Å². The summed E-state index contributed by atoms with van der Waals surface area (Å²) < 4.78 is 10.8. The van der Waals surface area contributed by atoms with Gasteiger partial charge in [-0.3, -0.25) is 4.79 Å². The molecular weight excluding hydrogens is 410 g/mol. The SMILES string of the molecule is CN/C(N)=N\C(C)(CC=O)c1cccc(NC(=O)c2ccc(OCc3ccco3)cn2)c1. The number of benzene rings is 1. The van der Waals surface area contributed by atoms with E-state index < -0.39 is 5.54 Å². The van der Waals surface area contributed by atoms with Gasteiger partial charge in [0.25, 0.3) is 5.91 Å². The first-order valence-corrected chi connectivity index (χ1v) is 9.93. The molecule has 0 radical (unpaired) electrons. The first kappa shape index (κ1) is 22.5. The molecule has 0 aliphatic heterocycles. The predicted molar refractivity (Wildman–Crippen MR) is 120 cm³/mol. The zero-order valence-electron chi connectivity index (χ0n) is 17.9. The summed E-state index contributed by atoms with van der Waals surface area (Å²) in [5, 5.41) is 5.57. The first-order valence-electron chi connectivity index (χ1n) is 9.93. The maximum Gasteiger partial charge on any atom is 0.274 e. The second kappa shape index (κ2) is 10.3. The van der Waals surface area contributed by atoms with Crippen molar-refractivity contribution in [1.82, 2.24) is 10.3 Å². The number of carbonyl (C=O) groups excluding carboxylic acids is 2. The van der Waals surface area contributed by atoms with E-state index in [0.29, 0.717) is 17.2 Å². The van der Waals surface area contributed by atoms with Crippen molar-refractivity contribution in [2.24, 2.45) is 10.7 Å². The van der Waals surface area contributed by atoms with Gasteiger partial charge in [0.1, 0.15) is 30.1 Å². The molecule has 0 bridgehead atoms. The van der Waals surface area contributed by atoms with Crippen LogP contribution in [-0.4, -0.2) is 30.2 Å². The number of rotatable bonds is 9. The van der Waals surface area contributed by atoms with E-state index in [9.17, 15) is 9.59 Å². The number of guanidine groups is 1. The van der Waals surface area contributed by atoms with Gasteiger partial charge in [-0.25, -0.2) is 9.98 Å². The number of hydrogen-bond donors (Lipinski definition) is 3. The average Bonchev–Trinajstić information content (AvgIpc) is 3.32. The quantitative estimate of drug-likeness (QED) is 0.267. The summed E-state index contributed by atoms with van der Waals surface area (Å²) in [7, 11) is 1.65. The fourth-order valence-corrected chi connectivity index (χ4v) is 2.99. The van der Waals surface area contributed by atoms with Crippen LogP contribution in [0, 0.1) is 0 Å². The maximum absolute atomic E-state index is 12.6. The van der Waals surface area contributed by atoms with Crippen LogP contribution in [0.25, 0.3) is 0 Å². The third kappa shape index (κ3) is 5.72. The highest BCUT2D eigenvalue weighted by Gasteiger charge is 2.26. The third-order valence-electron chi connectivity index (χ3n) is 4.78. The van der Waals surface area contributed by atoms with Crippen LogP contribution in [0.4, 0.5) is 5.69 Å². The van der Waals surface area contributed by atoms with Crippen LogP contribution in [0.3, 0.4) is 0 Å². The van der Waals surface area contributed by atoms with Gasteiger partial charge in [-0.1, -0.05) is 12.1 Å².